The van der Waals surface area contributed by atoms with Crippen LogP contribution in [0.4, 0.5) is 0 Å². The van der Waals surface area contributed by atoms with Crippen LogP contribution >= 0.6 is 11.3 Å². The second-order valence-electron chi connectivity index (χ2n) is 7.80. The van der Waals surface area contributed by atoms with Gasteiger partial charge in [0, 0.05) is 70.6 Å². The third kappa shape index (κ3) is 6.72. The van der Waals surface area contributed by atoms with Crippen LogP contribution in [0, 0.1) is 5.92 Å². The largest absolute Gasteiger partial charge is 0.381 e. The first-order valence-electron chi connectivity index (χ1n) is 10.7. The average molecular weight is 409 g/mol. The molecule has 1 unspecified atom stereocenters. The number of nitrogens with one attached hydrogen (secondary N) is 2. The Hall–Kier alpha value is -1.15. The molecule has 1 aromatic rings. The molecule has 2 aliphatic heterocycles. The first kappa shape index (κ1) is 21.6. The van der Waals surface area contributed by atoms with Gasteiger partial charge in [0.1, 0.15) is 0 Å². The standard InChI is InChI=1S/C21H36N4O2S/c1-17(25-9-4-20-19(15-25)7-13-28-20)14-24-21(22-2)23-8-3-10-27-16-18-5-11-26-12-6-18/h7,13,17-18H,3-6,8-12,14-16H2,1-2H3,(H2,22,23,24). The summed E-state index contributed by atoms with van der Waals surface area (Å²) in [4.78, 5) is 8.46. The predicted molar refractivity (Wildman–Crippen MR) is 116 cm³/mol. The van der Waals surface area contributed by atoms with E-state index in [4.69, 9.17) is 9.47 Å². The zero-order valence-electron chi connectivity index (χ0n) is 17.4. The first-order valence-corrected chi connectivity index (χ1v) is 11.5. The Bertz CT molecular complexity index is 601. The number of hydrogen-bond donors (Lipinski definition) is 2. The smallest absolute Gasteiger partial charge is 0.191 e. The molecule has 0 bridgehead atoms. The lowest BCUT2D eigenvalue weighted by molar-refractivity contribution is 0.0203. The summed E-state index contributed by atoms with van der Waals surface area (Å²) in [5, 5.41) is 9.09. The zero-order valence-corrected chi connectivity index (χ0v) is 18.2. The Morgan fingerprint density at radius 2 is 2.25 bits per heavy atom. The van der Waals surface area contributed by atoms with E-state index in [1.807, 2.05) is 18.4 Å². The van der Waals surface area contributed by atoms with Crippen LogP contribution in [0.25, 0.3) is 0 Å². The number of rotatable bonds is 9. The molecule has 2 N–H and O–H groups in total. The Morgan fingerprint density at radius 1 is 1.39 bits per heavy atom. The van der Waals surface area contributed by atoms with Gasteiger partial charge in [0.05, 0.1) is 0 Å². The number of hydrogen-bond acceptors (Lipinski definition) is 5. The van der Waals surface area contributed by atoms with Gasteiger partial charge >= 0.3 is 0 Å². The van der Waals surface area contributed by atoms with Crippen LogP contribution in [0.3, 0.4) is 0 Å². The fraction of sp³-hybridized carbons (Fsp3) is 0.762. The van der Waals surface area contributed by atoms with Crippen LogP contribution in [0.1, 0.15) is 36.6 Å². The predicted octanol–water partition coefficient (Wildman–Crippen LogP) is 2.49. The number of fused-ring (bicyclic) bond motifs is 1. The molecule has 0 saturated carbocycles. The van der Waals surface area contributed by atoms with Gasteiger partial charge in [-0.1, -0.05) is 0 Å². The molecule has 0 aliphatic carbocycles. The molecular weight excluding hydrogens is 372 g/mol. The molecule has 1 aromatic heterocycles. The Labute approximate surface area is 173 Å². The highest BCUT2D eigenvalue weighted by Gasteiger charge is 2.21. The molecular formula is C21H36N4O2S. The van der Waals surface area contributed by atoms with Crippen molar-refractivity contribution in [2.45, 2.75) is 45.2 Å². The van der Waals surface area contributed by atoms with Crippen molar-refractivity contribution in [3.8, 4) is 0 Å². The van der Waals surface area contributed by atoms with E-state index in [-0.39, 0.29) is 0 Å². The average Bonchev–Trinajstić information content (AvgIpc) is 3.21. The van der Waals surface area contributed by atoms with Crippen molar-refractivity contribution < 1.29 is 9.47 Å². The fourth-order valence-corrected chi connectivity index (χ4v) is 4.67. The normalized spacial score (nSPS) is 20.0. The number of guanidine groups is 1. The van der Waals surface area contributed by atoms with E-state index in [1.165, 1.54) is 12.0 Å². The van der Waals surface area contributed by atoms with Gasteiger partial charge in [-0.15, -0.1) is 11.3 Å². The van der Waals surface area contributed by atoms with E-state index >= 15 is 0 Å². The maximum absolute atomic E-state index is 5.83. The SMILES string of the molecule is CN=C(NCCCOCC1CCOCC1)NCC(C)N1CCc2sccc2C1. The topological polar surface area (TPSA) is 58.1 Å². The van der Waals surface area contributed by atoms with Crippen molar-refractivity contribution in [2.24, 2.45) is 10.9 Å². The highest BCUT2D eigenvalue weighted by Crippen LogP contribution is 2.24. The highest BCUT2D eigenvalue weighted by molar-refractivity contribution is 7.10. The van der Waals surface area contributed by atoms with Gasteiger partial charge in [0.25, 0.3) is 0 Å². The third-order valence-electron chi connectivity index (χ3n) is 5.70. The molecule has 3 heterocycles. The van der Waals surface area contributed by atoms with Crippen molar-refractivity contribution in [1.82, 2.24) is 15.5 Å². The molecule has 28 heavy (non-hydrogen) atoms. The second kappa shape index (κ2) is 11.8. The number of ether oxygens (including phenoxy) is 2. The minimum Gasteiger partial charge on any atom is -0.381 e. The molecule has 0 aromatic carbocycles. The molecule has 0 amide bonds. The molecule has 1 fully saturated rings. The molecule has 6 nitrogen and oxygen atoms in total. The van der Waals surface area contributed by atoms with Gasteiger partial charge in [0.2, 0.25) is 0 Å². The van der Waals surface area contributed by atoms with Crippen molar-refractivity contribution in [2.75, 3.05) is 53.1 Å². The van der Waals surface area contributed by atoms with Crippen LogP contribution < -0.4 is 10.6 Å². The molecule has 1 saturated heterocycles. The maximum atomic E-state index is 5.83. The maximum Gasteiger partial charge on any atom is 0.191 e. The van der Waals surface area contributed by atoms with Gasteiger partial charge in [-0.2, -0.15) is 0 Å². The summed E-state index contributed by atoms with van der Waals surface area (Å²) in [7, 11) is 1.83. The minimum absolute atomic E-state index is 0.481. The van der Waals surface area contributed by atoms with E-state index in [2.05, 4.69) is 38.9 Å². The highest BCUT2D eigenvalue weighted by atomic mass is 32.1. The monoisotopic (exact) mass is 408 g/mol. The Balaban J connectivity index is 1.25. The van der Waals surface area contributed by atoms with E-state index in [0.29, 0.717) is 12.0 Å². The molecule has 3 rings (SSSR count). The molecule has 2 aliphatic rings. The van der Waals surface area contributed by atoms with Gasteiger partial charge in [-0.05, 0) is 55.5 Å². The summed E-state index contributed by atoms with van der Waals surface area (Å²) in [6.45, 7) is 9.74. The van der Waals surface area contributed by atoms with Crippen LogP contribution in [0.2, 0.25) is 0 Å². The lowest BCUT2D eigenvalue weighted by Gasteiger charge is -2.32. The Kier molecular flexibility index (Phi) is 9.05. The molecule has 0 spiro atoms. The van der Waals surface area contributed by atoms with E-state index < -0.39 is 0 Å². The van der Waals surface area contributed by atoms with Crippen molar-refractivity contribution in [3.63, 3.8) is 0 Å². The van der Waals surface area contributed by atoms with Crippen molar-refractivity contribution in [3.05, 3.63) is 21.9 Å². The zero-order chi connectivity index (χ0) is 19.6. The minimum atomic E-state index is 0.481. The molecule has 1 atom stereocenters. The van der Waals surface area contributed by atoms with Crippen LogP contribution in [0.5, 0.6) is 0 Å². The third-order valence-corrected chi connectivity index (χ3v) is 6.72. The molecule has 0 radical (unpaired) electrons. The number of nitrogens with zero attached hydrogens (tertiary/aromatic N) is 2. The van der Waals surface area contributed by atoms with Gasteiger partial charge in [-0.3, -0.25) is 9.89 Å². The summed E-state index contributed by atoms with van der Waals surface area (Å²) in [5.41, 5.74) is 1.51. The fourth-order valence-electron chi connectivity index (χ4n) is 3.78. The molecule has 158 valence electrons. The Morgan fingerprint density at radius 3 is 3.07 bits per heavy atom. The summed E-state index contributed by atoms with van der Waals surface area (Å²) in [5.74, 6) is 1.56. The van der Waals surface area contributed by atoms with E-state index in [9.17, 15) is 0 Å². The van der Waals surface area contributed by atoms with Crippen LogP contribution in [-0.2, 0) is 22.4 Å². The summed E-state index contributed by atoms with van der Waals surface area (Å²) >= 11 is 1.90. The summed E-state index contributed by atoms with van der Waals surface area (Å²) in [6.07, 6.45) is 4.44. The first-order chi connectivity index (χ1) is 13.8. The molecule has 7 heteroatoms. The lowest BCUT2D eigenvalue weighted by Crippen LogP contribution is -2.47. The van der Waals surface area contributed by atoms with Gasteiger partial charge in [-0.25, -0.2) is 0 Å². The van der Waals surface area contributed by atoms with E-state index in [1.54, 1.807) is 4.88 Å². The lowest BCUT2D eigenvalue weighted by atomic mass is 10.0. The number of thiophene rings is 1. The second-order valence-corrected chi connectivity index (χ2v) is 8.80. The van der Waals surface area contributed by atoms with Crippen molar-refractivity contribution in [1.29, 1.82) is 0 Å². The summed E-state index contributed by atoms with van der Waals surface area (Å²) in [6, 6.07) is 2.76. The summed E-state index contributed by atoms with van der Waals surface area (Å²) < 4.78 is 11.2. The van der Waals surface area contributed by atoms with Gasteiger partial charge < -0.3 is 20.1 Å². The number of aliphatic imine (C=N–C) groups is 1. The quantitative estimate of drug-likeness (QED) is 0.374. The van der Waals surface area contributed by atoms with Crippen molar-refractivity contribution >= 4 is 17.3 Å². The van der Waals surface area contributed by atoms with E-state index in [0.717, 1.165) is 77.8 Å². The van der Waals surface area contributed by atoms with Crippen LogP contribution in [-0.4, -0.2) is 70.0 Å². The van der Waals surface area contributed by atoms with Gasteiger partial charge in [0.15, 0.2) is 5.96 Å². The van der Waals surface area contributed by atoms with Crippen LogP contribution in [0.15, 0.2) is 16.4 Å².